The number of nitrogens with zero attached hydrogens (tertiary/aromatic N) is 2. The Kier molecular flexibility index (Phi) is 5.71. The zero-order valence-corrected chi connectivity index (χ0v) is 13.0. The van der Waals surface area contributed by atoms with E-state index < -0.39 is 11.6 Å². The maximum absolute atomic E-state index is 13.8. The third-order valence-electron chi connectivity index (χ3n) is 3.81. The number of likely N-dealkylation sites (tertiary alicyclic amines) is 1. The van der Waals surface area contributed by atoms with E-state index in [0.29, 0.717) is 18.7 Å². The lowest BCUT2D eigenvalue weighted by Crippen LogP contribution is -2.40. The molecule has 0 aromatic heterocycles. The summed E-state index contributed by atoms with van der Waals surface area (Å²) in [5, 5.41) is 12.8. The van der Waals surface area contributed by atoms with Gasteiger partial charge in [0.25, 0.3) is 0 Å². The lowest BCUT2D eigenvalue weighted by atomic mass is 10.0. The van der Waals surface area contributed by atoms with Gasteiger partial charge in [0.2, 0.25) is 0 Å². The molecule has 1 saturated heterocycles. The molecule has 22 heavy (non-hydrogen) atoms. The average molecular weight is 311 g/mol. The molecular formula is C16H23F2N3O. The third kappa shape index (κ3) is 4.16. The van der Waals surface area contributed by atoms with Gasteiger partial charge in [-0.25, -0.2) is 8.78 Å². The second-order valence-electron chi connectivity index (χ2n) is 5.65. The topological polar surface area (TPSA) is 47.9 Å². The van der Waals surface area contributed by atoms with Crippen LogP contribution in [0.4, 0.5) is 8.78 Å². The van der Waals surface area contributed by atoms with Crippen molar-refractivity contribution in [1.82, 2.24) is 10.2 Å². The first-order valence-electron chi connectivity index (χ1n) is 7.67. The molecule has 1 aliphatic rings. The largest absolute Gasteiger partial charge is 0.391 e. The highest BCUT2D eigenvalue weighted by molar-refractivity contribution is 5.80. The third-order valence-corrected chi connectivity index (χ3v) is 3.81. The number of rotatable bonds is 4. The molecule has 2 rings (SSSR count). The van der Waals surface area contributed by atoms with E-state index >= 15 is 0 Å². The Hall–Kier alpha value is -1.69. The minimum atomic E-state index is -0.573. The first-order chi connectivity index (χ1) is 10.5. The maximum Gasteiger partial charge on any atom is 0.194 e. The normalized spacial score (nSPS) is 20.3. The molecule has 6 heteroatoms. The van der Waals surface area contributed by atoms with Crippen molar-refractivity contribution in [1.29, 1.82) is 0 Å². The Bertz CT molecular complexity index is 536. The van der Waals surface area contributed by atoms with Gasteiger partial charge in [-0.15, -0.1) is 0 Å². The van der Waals surface area contributed by atoms with Crippen molar-refractivity contribution < 1.29 is 13.9 Å². The fourth-order valence-corrected chi connectivity index (χ4v) is 2.58. The van der Waals surface area contributed by atoms with Gasteiger partial charge in [-0.2, -0.15) is 0 Å². The quantitative estimate of drug-likeness (QED) is 0.661. The van der Waals surface area contributed by atoms with Gasteiger partial charge in [0.1, 0.15) is 11.6 Å². The number of hydrogen-bond donors (Lipinski definition) is 2. The lowest BCUT2D eigenvalue weighted by molar-refractivity contribution is 0.188. The van der Waals surface area contributed by atoms with Gasteiger partial charge in [-0.3, -0.25) is 4.99 Å². The lowest BCUT2D eigenvalue weighted by Gasteiger charge is -2.21. The van der Waals surface area contributed by atoms with E-state index in [0.717, 1.165) is 31.5 Å². The Labute approximate surface area is 129 Å². The predicted molar refractivity (Wildman–Crippen MR) is 82.9 cm³/mol. The van der Waals surface area contributed by atoms with Gasteiger partial charge in [0.05, 0.1) is 6.10 Å². The van der Waals surface area contributed by atoms with Crippen LogP contribution in [-0.4, -0.2) is 48.2 Å². The number of β-amino-alcohol motifs (C(OH)–C–C–N with tert-alkyl or cyclic N) is 1. The van der Waals surface area contributed by atoms with E-state index in [-0.39, 0.29) is 12.0 Å². The van der Waals surface area contributed by atoms with Gasteiger partial charge in [-0.1, -0.05) is 13.0 Å². The van der Waals surface area contributed by atoms with Gasteiger partial charge in [-0.05, 0) is 25.0 Å². The SMILES string of the molecule is CCNC(=NCC(C)c1ccc(F)cc1F)N1CC[C@@H](O)C1. The summed E-state index contributed by atoms with van der Waals surface area (Å²) >= 11 is 0. The van der Waals surface area contributed by atoms with Crippen LogP contribution in [0.5, 0.6) is 0 Å². The maximum atomic E-state index is 13.8. The Balaban J connectivity index is 2.06. The predicted octanol–water partition coefficient (Wildman–Crippen LogP) is 2.10. The van der Waals surface area contributed by atoms with Crippen molar-refractivity contribution in [2.75, 3.05) is 26.2 Å². The van der Waals surface area contributed by atoms with Crippen LogP contribution in [0.2, 0.25) is 0 Å². The average Bonchev–Trinajstić information content (AvgIpc) is 2.89. The summed E-state index contributed by atoms with van der Waals surface area (Å²) in [7, 11) is 0. The summed E-state index contributed by atoms with van der Waals surface area (Å²) in [6, 6.07) is 3.63. The van der Waals surface area contributed by atoms with Crippen LogP contribution < -0.4 is 5.32 Å². The molecule has 1 fully saturated rings. The molecule has 0 radical (unpaired) electrons. The van der Waals surface area contributed by atoms with E-state index in [1.807, 2.05) is 18.7 Å². The molecule has 122 valence electrons. The van der Waals surface area contributed by atoms with Crippen LogP contribution in [0.1, 0.15) is 31.7 Å². The van der Waals surface area contributed by atoms with Crippen LogP contribution in [0, 0.1) is 11.6 Å². The molecule has 0 bridgehead atoms. The smallest absolute Gasteiger partial charge is 0.194 e. The standard InChI is InChI=1S/C16H23F2N3O/c1-3-19-16(21-7-6-13(22)10-21)20-9-11(2)14-5-4-12(17)8-15(14)18/h4-5,8,11,13,22H,3,6-7,9-10H2,1-2H3,(H,19,20)/t11?,13-/m1/s1. The monoisotopic (exact) mass is 311 g/mol. The highest BCUT2D eigenvalue weighted by atomic mass is 19.1. The first-order valence-corrected chi connectivity index (χ1v) is 7.67. The molecule has 0 aliphatic carbocycles. The molecule has 1 aliphatic heterocycles. The number of aliphatic hydroxyl groups is 1. The van der Waals surface area contributed by atoms with Crippen LogP contribution in [0.15, 0.2) is 23.2 Å². The van der Waals surface area contributed by atoms with Crippen LogP contribution >= 0.6 is 0 Å². The fourth-order valence-electron chi connectivity index (χ4n) is 2.58. The molecule has 1 aromatic rings. The Morgan fingerprint density at radius 1 is 1.50 bits per heavy atom. The summed E-state index contributed by atoms with van der Waals surface area (Å²) in [5.41, 5.74) is 0.461. The van der Waals surface area contributed by atoms with Crippen molar-refractivity contribution in [3.8, 4) is 0 Å². The number of nitrogens with one attached hydrogen (secondary N) is 1. The van der Waals surface area contributed by atoms with Crippen LogP contribution in [0.3, 0.4) is 0 Å². The molecule has 2 N–H and O–H groups in total. The van der Waals surface area contributed by atoms with Gasteiger partial charge >= 0.3 is 0 Å². The van der Waals surface area contributed by atoms with Gasteiger partial charge in [0, 0.05) is 38.2 Å². The molecule has 0 spiro atoms. The molecule has 2 atom stereocenters. The Morgan fingerprint density at radius 2 is 2.27 bits per heavy atom. The second-order valence-corrected chi connectivity index (χ2v) is 5.65. The molecule has 1 heterocycles. The molecule has 1 aromatic carbocycles. The minimum absolute atomic E-state index is 0.151. The number of halogens is 2. The number of aliphatic imine (C=N–C) groups is 1. The molecule has 0 amide bonds. The van der Waals surface area contributed by atoms with Crippen molar-refractivity contribution >= 4 is 5.96 Å². The van der Waals surface area contributed by atoms with Gasteiger partial charge < -0.3 is 15.3 Å². The number of benzene rings is 1. The summed E-state index contributed by atoms with van der Waals surface area (Å²) in [4.78, 5) is 6.53. The summed E-state index contributed by atoms with van der Waals surface area (Å²) in [6.45, 7) is 6.28. The van der Waals surface area contributed by atoms with Crippen molar-refractivity contribution in [2.45, 2.75) is 32.3 Å². The molecule has 0 saturated carbocycles. The minimum Gasteiger partial charge on any atom is -0.391 e. The van der Waals surface area contributed by atoms with Crippen molar-refractivity contribution in [3.05, 3.63) is 35.4 Å². The van der Waals surface area contributed by atoms with Crippen molar-refractivity contribution in [3.63, 3.8) is 0 Å². The zero-order valence-electron chi connectivity index (χ0n) is 13.0. The van der Waals surface area contributed by atoms with Crippen LogP contribution in [0.25, 0.3) is 0 Å². The highest BCUT2D eigenvalue weighted by Crippen LogP contribution is 2.20. The first kappa shape index (κ1) is 16.7. The van der Waals surface area contributed by atoms with E-state index in [9.17, 15) is 13.9 Å². The van der Waals surface area contributed by atoms with E-state index in [4.69, 9.17) is 0 Å². The Morgan fingerprint density at radius 3 is 2.86 bits per heavy atom. The summed E-state index contributed by atoms with van der Waals surface area (Å²) in [6.07, 6.45) is 0.405. The summed E-state index contributed by atoms with van der Waals surface area (Å²) in [5.74, 6) is -0.532. The fraction of sp³-hybridized carbons (Fsp3) is 0.562. The van der Waals surface area contributed by atoms with Crippen molar-refractivity contribution in [2.24, 2.45) is 4.99 Å². The molecule has 1 unspecified atom stereocenters. The molecular weight excluding hydrogens is 288 g/mol. The second kappa shape index (κ2) is 7.54. The number of hydrogen-bond acceptors (Lipinski definition) is 2. The zero-order chi connectivity index (χ0) is 16.1. The molecule has 4 nitrogen and oxygen atoms in total. The van der Waals surface area contributed by atoms with E-state index in [1.165, 1.54) is 12.1 Å². The van der Waals surface area contributed by atoms with Gasteiger partial charge in [0.15, 0.2) is 5.96 Å². The highest BCUT2D eigenvalue weighted by Gasteiger charge is 2.23. The summed E-state index contributed by atoms with van der Waals surface area (Å²) < 4.78 is 26.7. The number of guanidine groups is 1. The number of aliphatic hydroxyl groups excluding tert-OH is 1. The van der Waals surface area contributed by atoms with E-state index in [1.54, 1.807) is 0 Å². The van der Waals surface area contributed by atoms with Crippen LogP contribution in [-0.2, 0) is 0 Å². The van der Waals surface area contributed by atoms with E-state index in [2.05, 4.69) is 10.3 Å².